The Morgan fingerprint density at radius 3 is 1.98 bits per heavy atom. The van der Waals surface area contributed by atoms with Gasteiger partial charge in [-0.2, -0.15) is 0 Å². The van der Waals surface area contributed by atoms with Gasteiger partial charge in [0, 0.05) is 37.4 Å². The Morgan fingerprint density at radius 2 is 1.30 bits per heavy atom. The summed E-state index contributed by atoms with van der Waals surface area (Å²) < 4.78 is 27.3. The summed E-state index contributed by atoms with van der Waals surface area (Å²) in [6, 6.07) is 30.0. The fraction of sp³-hybridized carbons (Fsp3) is 0.361. The van der Waals surface area contributed by atoms with Crippen molar-refractivity contribution in [2.45, 2.75) is 102 Å². The molecule has 0 fully saturated rings. The Morgan fingerprint density at radius 1 is 0.622 bits per heavy atom. The van der Waals surface area contributed by atoms with E-state index < -0.39 is 89.6 Å². The van der Waals surface area contributed by atoms with Crippen LogP contribution in [-0.4, -0.2) is 122 Å². The summed E-state index contributed by atoms with van der Waals surface area (Å²) in [7, 11) is 1.77. The number of halogens is 1. The number of aliphatic carboxylic acids is 1. The highest BCUT2D eigenvalue weighted by Gasteiger charge is 2.32. The number of carboxylic acids is 1. The minimum Gasteiger partial charge on any atom is -0.480 e. The molecule has 0 bridgehead atoms. The quantitative estimate of drug-likeness (QED) is 0.0246. The van der Waals surface area contributed by atoms with Crippen LogP contribution < -0.4 is 42.5 Å². The summed E-state index contributed by atoms with van der Waals surface area (Å²) in [6.45, 7) is 2.93. The van der Waals surface area contributed by atoms with Crippen molar-refractivity contribution in [1.29, 1.82) is 0 Å². The highest BCUT2D eigenvalue weighted by molar-refractivity contribution is 6.00. The molecule has 9 N–H and O–H groups in total. The zero-order valence-corrected chi connectivity index (χ0v) is 46.1. The van der Waals surface area contributed by atoms with E-state index in [9.17, 15) is 48.3 Å². The summed E-state index contributed by atoms with van der Waals surface area (Å²) in [5, 5.41) is 30.5. The van der Waals surface area contributed by atoms with E-state index in [2.05, 4.69) is 42.5 Å². The molecule has 1 aliphatic carbocycles. The number of rotatable bonds is 32. The number of alkyl carbamates (subject to hydrolysis) is 1. The second-order valence-electron chi connectivity index (χ2n) is 20.0. The number of nitrogens with one attached hydrogen (secondary N) is 8. The van der Waals surface area contributed by atoms with E-state index in [-0.39, 0.29) is 82.3 Å². The maximum Gasteiger partial charge on any atom is 0.407 e. The lowest BCUT2D eigenvalue weighted by Gasteiger charge is -2.24. The number of fused-ring (bicyclic) bond motifs is 3. The minimum atomic E-state index is -1.43. The first-order chi connectivity index (χ1) is 39.5. The zero-order valence-electron chi connectivity index (χ0n) is 46.1. The third-order valence-corrected chi connectivity index (χ3v) is 13.5. The van der Waals surface area contributed by atoms with Crippen LogP contribution in [-0.2, 0) is 56.1 Å². The molecule has 7 amide bonds. The molecule has 20 nitrogen and oxygen atoms in total. The molecule has 0 saturated heterocycles. The Labute approximate surface area is 475 Å². The molecule has 0 unspecified atom stereocenters. The van der Waals surface area contributed by atoms with Gasteiger partial charge in [0.2, 0.25) is 29.5 Å². The van der Waals surface area contributed by atoms with Crippen LogP contribution in [0.3, 0.4) is 0 Å². The summed E-state index contributed by atoms with van der Waals surface area (Å²) in [5.74, 6) is -7.26. The molecule has 1 aliphatic rings. The van der Waals surface area contributed by atoms with E-state index >= 15 is 4.39 Å². The summed E-state index contributed by atoms with van der Waals surface area (Å²) in [6.07, 6.45) is 0.471. The van der Waals surface area contributed by atoms with Crippen LogP contribution >= 0.6 is 0 Å². The van der Waals surface area contributed by atoms with Crippen molar-refractivity contribution in [2.75, 3.05) is 45.2 Å². The van der Waals surface area contributed by atoms with Gasteiger partial charge in [-0.25, -0.2) is 14.0 Å². The Bertz CT molecular complexity index is 3010. The Balaban J connectivity index is 1.03. The number of anilines is 1. The summed E-state index contributed by atoms with van der Waals surface area (Å²) in [5.41, 5.74) is 5.91. The van der Waals surface area contributed by atoms with Gasteiger partial charge in [-0.15, -0.1) is 0 Å². The smallest absolute Gasteiger partial charge is 0.407 e. The lowest BCUT2D eigenvalue weighted by molar-refractivity contribution is -0.142. The van der Waals surface area contributed by atoms with Crippen LogP contribution in [0, 0.1) is 12.7 Å². The van der Waals surface area contributed by atoms with E-state index in [1.165, 1.54) is 13.0 Å². The predicted molar refractivity (Wildman–Crippen MR) is 304 cm³/mol. The van der Waals surface area contributed by atoms with Gasteiger partial charge >= 0.3 is 12.1 Å². The fourth-order valence-corrected chi connectivity index (χ4v) is 9.27. The molecule has 0 saturated carbocycles. The molecule has 6 rings (SSSR count). The highest BCUT2D eigenvalue weighted by atomic mass is 19.1. The maximum atomic E-state index is 15.8. The van der Waals surface area contributed by atoms with Crippen LogP contribution in [0.4, 0.5) is 14.9 Å². The van der Waals surface area contributed by atoms with Crippen LogP contribution in [0.25, 0.3) is 11.1 Å². The maximum absolute atomic E-state index is 15.8. The van der Waals surface area contributed by atoms with E-state index in [0.29, 0.717) is 24.9 Å². The van der Waals surface area contributed by atoms with Crippen molar-refractivity contribution in [2.24, 2.45) is 0 Å². The normalized spacial score (nSPS) is 12.9. The molecule has 5 aromatic carbocycles. The number of amides is 7. The highest BCUT2D eigenvalue weighted by Crippen LogP contribution is 2.44. The third-order valence-electron chi connectivity index (χ3n) is 13.5. The molecule has 21 heteroatoms. The number of ether oxygens (including phenoxy) is 2. The first-order valence-electron chi connectivity index (χ1n) is 27.2. The zero-order chi connectivity index (χ0) is 59.0. The van der Waals surface area contributed by atoms with Crippen LogP contribution in [0.2, 0.25) is 0 Å². The van der Waals surface area contributed by atoms with Crippen molar-refractivity contribution in [3.63, 3.8) is 0 Å². The molecular weight excluding hydrogens is 1060 g/mol. The van der Waals surface area contributed by atoms with E-state index in [0.717, 1.165) is 45.5 Å². The van der Waals surface area contributed by atoms with Crippen LogP contribution in [0.5, 0.6) is 0 Å². The van der Waals surface area contributed by atoms with Crippen molar-refractivity contribution in [3.8, 4) is 11.1 Å². The molecule has 0 heterocycles. The lowest BCUT2D eigenvalue weighted by Crippen LogP contribution is -2.56. The van der Waals surface area contributed by atoms with Gasteiger partial charge in [-0.05, 0) is 111 Å². The number of benzene rings is 5. The molecule has 0 spiro atoms. The van der Waals surface area contributed by atoms with E-state index in [1.807, 2.05) is 67.6 Å². The molecule has 0 aromatic heterocycles. The van der Waals surface area contributed by atoms with Crippen LogP contribution in [0.1, 0.15) is 96.0 Å². The average molecular weight is 1130 g/mol. The predicted octanol–water partition coefficient (Wildman–Crippen LogP) is 5.36. The number of carboxylic acid groups (broad SMARTS) is 1. The number of unbranched alkanes of at least 4 members (excludes halogenated alkanes) is 1. The van der Waals surface area contributed by atoms with Gasteiger partial charge in [0.05, 0.1) is 25.3 Å². The fourth-order valence-electron chi connectivity index (χ4n) is 9.27. The monoisotopic (exact) mass is 1130 g/mol. The number of hydrogen-bond acceptors (Lipinski definition) is 12. The van der Waals surface area contributed by atoms with E-state index in [1.54, 1.807) is 49.5 Å². The first-order valence-corrected chi connectivity index (χ1v) is 27.2. The molecule has 434 valence electrons. The summed E-state index contributed by atoms with van der Waals surface area (Å²) >= 11 is 0. The van der Waals surface area contributed by atoms with Gasteiger partial charge in [-0.1, -0.05) is 109 Å². The largest absolute Gasteiger partial charge is 0.480 e. The number of Topliss-reactive ketones (excluding diaryl/α,β-unsaturated/α-hetero) is 1. The minimum absolute atomic E-state index is 0.00905. The van der Waals surface area contributed by atoms with Crippen LogP contribution in [0.15, 0.2) is 121 Å². The average Bonchev–Trinajstić information content (AvgIpc) is 3.38. The molecular formula is C61H71FN8O12. The van der Waals surface area contributed by atoms with Crippen molar-refractivity contribution < 1.29 is 62.1 Å². The molecule has 4 atom stereocenters. The SMILES string of the molecule is CNCCCC[C@H](NC(=O)CNC(=O)[C@H](COCc1ccccc1)NC(=O)[C@H](Cc1cccc(C)c1)NC(=O)c1ccc(NC(=O)CCCNC(=O)[C@@H](CCC(C)=O)NC(=O)OCC2c3ccccc3-c3ccccc32)cc1F)C(=O)O. The third kappa shape index (κ3) is 19.5. The second kappa shape index (κ2) is 31.8. The number of hydrogen-bond donors (Lipinski definition) is 9. The number of carbonyl (C=O) groups is 9. The molecule has 0 aliphatic heterocycles. The molecule has 82 heavy (non-hydrogen) atoms. The second-order valence-corrected chi connectivity index (χ2v) is 20.0. The van der Waals surface area contributed by atoms with Gasteiger partial charge in [0.1, 0.15) is 42.4 Å². The van der Waals surface area contributed by atoms with Crippen molar-refractivity contribution >= 4 is 59.0 Å². The van der Waals surface area contributed by atoms with Gasteiger partial charge in [0.25, 0.3) is 5.91 Å². The van der Waals surface area contributed by atoms with Crippen molar-refractivity contribution in [3.05, 3.63) is 161 Å². The standard InChI is InChI=1S/C61H71FN8O12/c1-38-15-13-18-41(31-38)32-52(59(77)69-53(37-81-35-40-16-5-4-6-17-40)58(76)65-34-55(73)67-51(60(78)79)23-11-12-29-63-3)68-56(74)47-27-26-42(33-49(47)62)66-54(72)24-14-30-64-57(75)50(28-25-39(2)71)70-61(80)82-36-48-45-21-9-7-19-43(45)44-20-8-10-22-46(44)48/h4-10,13,15-22,26-27,31,33,48,50-53,63H,11-12,14,23-25,28-30,32,34-37H2,1-3H3,(H,64,75)(H,65,76)(H,66,72)(H,67,73)(H,68,74)(H,69,77)(H,70,80)(H,78,79)/t50-,51+,52+,53+/m1/s1. The van der Waals surface area contributed by atoms with Gasteiger partial charge < -0.3 is 61.9 Å². The lowest BCUT2D eigenvalue weighted by atomic mass is 9.98. The van der Waals surface area contributed by atoms with Crippen molar-refractivity contribution in [1.82, 2.24) is 37.2 Å². The summed E-state index contributed by atoms with van der Waals surface area (Å²) in [4.78, 5) is 118. The molecule has 0 radical (unpaired) electrons. The van der Waals surface area contributed by atoms with Gasteiger partial charge in [-0.3, -0.25) is 28.8 Å². The number of carbonyl (C=O) groups excluding carboxylic acids is 8. The van der Waals surface area contributed by atoms with Gasteiger partial charge in [0.15, 0.2) is 0 Å². The topological polar surface area (TPSA) is 289 Å². The Kier molecular flexibility index (Phi) is 24.2. The number of aryl methyl sites for hydroxylation is 1. The Hall–Kier alpha value is -8.82. The molecule has 5 aromatic rings. The van der Waals surface area contributed by atoms with E-state index in [4.69, 9.17) is 9.47 Å². The number of ketones is 1. The first kappa shape index (κ1) is 62.4.